The molecule has 4 heteroatoms. The zero-order valence-corrected chi connectivity index (χ0v) is 18.8. The maximum Gasteiger partial charge on any atom is 0.309 e. The average Bonchev–Trinajstić information content (AvgIpc) is 3.27. The number of esters is 2. The van der Waals surface area contributed by atoms with E-state index in [1.807, 2.05) is 0 Å². The fraction of sp³-hybridized carbons (Fsp3) is 0.917. The van der Waals surface area contributed by atoms with E-state index in [2.05, 4.69) is 41.5 Å². The van der Waals surface area contributed by atoms with Gasteiger partial charge in [0.2, 0.25) is 0 Å². The molecule has 3 aliphatic carbocycles. The van der Waals surface area contributed by atoms with Gasteiger partial charge in [0.25, 0.3) is 0 Å². The van der Waals surface area contributed by atoms with Crippen LogP contribution in [0.25, 0.3) is 0 Å². The Morgan fingerprint density at radius 2 is 1.71 bits per heavy atom. The normalized spacial score (nSPS) is 32.5. The van der Waals surface area contributed by atoms with Gasteiger partial charge in [-0.15, -0.1) is 0 Å². The molecule has 3 rings (SSSR count). The third kappa shape index (κ3) is 4.91. The first-order valence-electron chi connectivity index (χ1n) is 11.4. The number of ether oxygens (including phenoxy) is 2. The van der Waals surface area contributed by atoms with Crippen molar-refractivity contribution in [3.05, 3.63) is 0 Å². The molecule has 0 aromatic carbocycles. The molecule has 3 fully saturated rings. The maximum atomic E-state index is 13.0. The molecule has 0 aromatic rings. The van der Waals surface area contributed by atoms with Crippen molar-refractivity contribution in [2.75, 3.05) is 0 Å². The lowest BCUT2D eigenvalue weighted by Gasteiger charge is -2.33. The highest BCUT2D eigenvalue weighted by Gasteiger charge is 2.52. The molecule has 0 amide bonds. The van der Waals surface area contributed by atoms with E-state index in [0.29, 0.717) is 5.92 Å². The Bertz CT molecular complexity index is 582. The van der Waals surface area contributed by atoms with Crippen LogP contribution in [0.2, 0.25) is 0 Å². The first-order chi connectivity index (χ1) is 13.0. The predicted octanol–water partition coefficient (Wildman–Crippen LogP) is 5.53. The Morgan fingerprint density at radius 3 is 2.25 bits per heavy atom. The molecule has 3 aliphatic rings. The van der Waals surface area contributed by atoms with Crippen LogP contribution in [0.5, 0.6) is 0 Å². The monoisotopic (exact) mass is 392 g/mol. The Balaban J connectivity index is 1.61. The average molecular weight is 393 g/mol. The molecule has 160 valence electrons. The smallest absolute Gasteiger partial charge is 0.309 e. The lowest BCUT2D eigenvalue weighted by atomic mass is 9.79. The van der Waals surface area contributed by atoms with Crippen LogP contribution in [-0.4, -0.2) is 23.6 Å². The molecular formula is C24H40O4. The highest BCUT2D eigenvalue weighted by molar-refractivity contribution is 5.75. The zero-order valence-electron chi connectivity index (χ0n) is 18.8. The second kappa shape index (κ2) is 7.99. The summed E-state index contributed by atoms with van der Waals surface area (Å²) >= 11 is 0. The first kappa shape index (κ1) is 21.6. The van der Waals surface area contributed by atoms with Gasteiger partial charge in [-0.1, -0.05) is 34.6 Å². The lowest BCUT2D eigenvalue weighted by Crippen LogP contribution is -2.39. The highest BCUT2D eigenvalue weighted by atomic mass is 16.6. The molecule has 0 radical (unpaired) electrons. The topological polar surface area (TPSA) is 52.6 Å². The van der Waals surface area contributed by atoms with E-state index in [9.17, 15) is 9.59 Å². The van der Waals surface area contributed by atoms with Crippen LogP contribution in [0.15, 0.2) is 0 Å². The van der Waals surface area contributed by atoms with E-state index < -0.39 is 0 Å². The van der Waals surface area contributed by atoms with E-state index in [-0.39, 0.29) is 52.7 Å². The second-order valence-corrected chi connectivity index (χ2v) is 11.5. The number of hydrogen-bond acceptors (Lipinski definition) is 4. The number of hydrogen-bond donors (Lipinski definition) is 0. The minimum absolute atomic E-state index is 0.0484. The number of rotatable bonds is 6. The van der Waals surface area contributed by atoms with E-state index in [4.69, 9.17) is 9.47 Å². The van der Waals surface area contributed by atoms with Gasteiger partial charge in [-0.2, -0.15) is 0 Å². The van der Waals surface area contributed by atoms with E-state index in [0.717, 1.165) is 51.4 Å². The van der Waals surface area contributed by atoms with Gasteiger partial charge in [0, 0.05) is 5.92 Å². The fourth-order valence-electron chi connectivity index (χ4n) is 5.72. The Morgan fingerprint density at radius 1 is 1.07 bits per heavy atom. The molecule has 0 N–H and O–H groups in total. The van der Waals surface area contributed by atoms with Gasteiger partial charge in [0.05, 0.1) is 11.8 Å². The minimum atomic E-state index is -0.277. The summed E-state index contributed by atoms with van der Waals surface area (Å²) in [4.78, 5) is 25.9. The maximum absolute atomic E-state index is 13.0. The fourth-order valence-corrected chi connectivity index (χ4v) is 5.72. The van der Waals surface area contributed by atoms with E-state index in [1.165, 1.54) is 0 Å². The zero-order chi connectivity index (χ0) is 20.7. The van der Waals surface area contributed by atoms with Crippen molar-refractivity contribution in [3.63, 3.8) is 0 Å². The third-order valence-electron chi connectivity index (χ3n) is 7.27. The second-order valence-electron chi connectivity index (χ2n) is 11.5. The van der Waals surface area contributed by atoms with Gasteiger partial charge in [0.1, 0.15) is 11.7 Å². The summed E-state index contributed by atoms with van der Waals surface area (Å²) < 4.78 is 12.0. The van der Waals surface area contributed by atoms with Crippen molar-refractivity contribution < 1.29 is 19.1 Å². The van der Waals surface area contributed by atoms with E-state index in [1.54, 1.807) is 0 Å². The van der Waals surface area contributed by atoms with Gasteiger partial charge in [0.15, 0.2) is 0 Å². The molecule has 2 bridgehead atoms. The standard InChI is InChI=1S/C24H40O4/c1-15(2)19(14-23(3,4)5)21(25)27-20-13-16-11-17(20)18(12-16)22(26)28-24(6)9-7-8-10-24/h15-20H,7-14H2,1-6H3. The molecule has 28 heavy (non-hydrogen) atoms. The summed E-state index contributed by atoms with van der Waals surface area (Å²) in [5.74, 6) is 0.611. The van der Waals surface area contributed by atoms with Crippen LogP contribution in [0.1, 0.15) is 92.9 Å². The van der Waals surface area contributed by atoms with Crippen molar-refractivity contribution in [1.29, 1.82) is 0 Å². The van der Waals surface area contributed by atoms with Gasteiger partial charge >= 0.3 is 11.9 Å². The van der Waals surface area contributed by atoms with Crippen molar-refractivity contribution >= 4 is 11.9 Å². The van der Waals surface area contributed by atoms with Crippen molar-refractivity contribution in [2.45, 2.75) is 105 Å². The number of carbonyl (C=O) groups is 2. The molecule has 5 unspecified atom stereocenters. The Labute approximate surface area is 171 Å². The summed E-state index contributed by atoms with van der Waals surface area (Å²) in [7, 11) is 0. The van der Waals surface area contributed by atoms with Crippen LogP contribution in [-0.2, 0) is 19.1 Å². The molecule has 0 aliphatic heterocycles. The van der Waals surface area contributed by atoms with Gasteiger partial charge in [-0.25, -0.2) is 0 Å². The van der Waals surface area contributed by atoms with Gasteiger partial charge in [-0.3, -0.25) is 9.59 Å². The van der Waals surface area contributed by atoms with Crippen molar-refractivity contribution in [3.8, 4) is 0 Å². The molecule has 0 aromatic heterocycles. The molecule has 5 atom stereocenters. The van der Waals surface area contributed by atoms with Crippen molar-refractivity contribution in [2.24, 2.45) is 35.0 Å². The molecule has 0 heterocycles. The van der Waals surface area contributed by atoms with Gasteiger partial charge in [-0.05, 0) is 75.5 Å². The van der Waals surface area contributed by atoms with Crippen LogP contribution in [0, 0.1) is 35.0 Å². The lowest BCUT2D eigenvalue weighted by molar-refractivity contribution is -0.172. The molecule has 3 saturated carbocycles. The number of fused-ring (bicyclic) bond motifs is 2. The SMILES string of the molecule is CC(C)C(CC(C)(C)C)C(=O)OC1CC2CC(C(=O)OC3(C)CCCC3)C1C2. The third-order valence-corrected chi connectivity index (χ3v) is 7.27. The quantitative estimate of drug-likeness (QED) is 0.558. The molecule has 0 saturated heterocycles. The van der Waals surface area contributed by atoms with Crippen LogP contribution in [0.3, 0.4) is 0 Å². The van der Waals surface area contributed by atoms with Gasteiger partial charge < -0.3 is 9.47 Å². The predicted molar refractivity (Wildman–Crippen MR) is 110 cm³/mol. The van der Waals surface area contributed by atoms with Crippen LogP contribution < -0.4 is 0 Å². The largest absolute Gasteiger partial charge is 0.462 e. The summed E-state index contributed by atoms with van der Waals surface area (Å²) in [6, 6.07) is 0. The summed E-state index contributed by atoms with van der Waals surface area (Å²) in [6.45, 7) is 12.8. The molecule has 4 nitrogen and oxygen atoms in total. The first-order valence-corrected chi connectivity index (χ1v) is 11.4. The Hall–Kier alpha value is -1.06. The Kier molecular flexibility index (Phi) is 6.18. The highest BCUT2D eigenvalue weighted by Crippen LogP contribution is 2.51. The number of carbonyl (C=O) groups excluding carboxylic acids is 2. The summed E-state index contributed by atoms with van der Waals surface area (Å²) in [5.41, 5.74) is -0.188. The minimum Gasteiger partial charge on any atom is -0.462 e. The van der Waals surface area contributed by atoms with Crippen LogP contribution >= 0.6 is 0 Å². The molecule has 0 spiro atoms. The molecular weight excluding hydrogens is 352 g/mol. The van der Waals surface area contributed by atoms with Crippen molar-refractivity contribution in [1.82, 2.24) is 0 Å². The van der Waals surface area contributed by atoms with Crippen LogP contribution in [0.4, 0.5) is 0 Å². The summed E-state index contributed by atoms with van der Waals surface area (Å²) in [6.07, 6.45) is 7.77. The summed E-state index contributed by atoms with van der Waals surface area (Å²) in [5, 5.41) is 0. The van der Waals surface area contributed by atoms with E-state index >= 15 is 0 Å².